The van der Waals surface area contributed by atoms with Gasteiger partial charge in [-0.2, -0.15) is 0 Å². The molecular weight excluding hydrogens is 303 g/mol. The van der Waals surface area contributed by atoms with Gasteiger partial charge >= 0.3 is 0 Å². The van der Waals surface area contributed by atoms with Gasteiger partial charge in [-0.15, -0.1) is 0 Å². The number of rotatable bonds is 3. The fourth-order valence-corrected chi connectivity index (χ4v) is 3.72. The number of hydrogen-bond acceptors (Lipinski definition) is 0. The lowest BCUT2D eigenvalue weighted by atomic mass is 9.72. The van der Waals surface area contributed by atoms with Gasteiger partial charge in [-0.25, -0.2) is 4.39 Å². The minimum Gasteiger partial charge on any atom is -0.207 e. The van der Waals surface area contributed by atoms with Gasteiger partial charge < -0.3 is 0 Å². The molecule has 1 fully saturated rings. The van der Waals surface area contributed by atoms with Crippen LogP contribution < -0.4 is 0 Å². The second-order valence-electron chi connectivity index (χ2n) is 5.07. The summed E-state index contributed by atoms with van der Waals surface area (Å²) in [6.45, 7) is 0. The zero-order chi connectivity index (χ0) is 12.3. The lowest BCUT2D eigenvalue weighted by molar-refractivity contribution is 0.221. The van der Waals surface area contributed by atoms with E-state index in [9.17, 15) is 4.39 Å². The van der Waals surface area contributed by atoms with E-state index in [0.717, 1.165) is 11.8 Å². The van der Waals surface area contributed by atoms with Crippen molar-refractivity contribution in [3.05, 3.63) is 34.6 Å². The van der Waals surface area contributed by atoms with Crippen LogP contribution in [0.1, 0.15) is 37.7 Å². The Morgan fingerprint density at radius 1 is 1.24 bits per heavy atom. The zero-order valence-corrected chi connectivity index (χ0v) is 12.2. The highest BCUT2D eigenvalue weighted by atomic mass is 79.9. The molecule has 1 aliphatic carbocycles. The van der Waals surface area contributed by atoms with Crippen LogP contribution in [-0.2, 0) is 6.42 Å². The van der Waals surface area contributed by atoms with E-state index in [2.05, 4.69) is 15.9 Å². The summed E-state index contributed by atoms with van der Waals surface area (Å²) in [6.07, 6.45) is 6.89. The first-order chi connectivity index (χ1) is 8.17. The second kappa shape index (κ2) is 5.71. The first-order valence-corrected chi connectivity index (χ1v) is 7.66. The van der Waals surface area contributed by atoms with E-state index in [0.29, 0.717) is 10.6 Å². The Morgan fingerprint density at radius 3 is 2.53 bits per heavy atom. The van der Waals surface area contributed by atoms with Crippen molar-refractivity contribution in [3.63, 3.8) is 0 Å². The maximum atomic E-state index is 13.8. The number of benzene rings is 1. The Morgan fingerprint density at radius 2 is 1.94 bits per heavy atom. The minimum atomic E-state index is -0.164. The van der Waals surface area contributed by atoms with E-state index in [1.165, 1.54) is 38.2 Å². The Bertz CT molecular complexity index is 366. The molecule has 0 bridgehead atoms. The molecule has 0 unspecified atom stereocenters. The van der Waals surface area contributed by atoms with Gasteiger partial charge in [0.05, 0.1) is 0 Å². The second-order valence-corrected chi connectivity index (χ2v) is 6.04. The molecule has 1 aromatic rings. The molecule has 0 amide bonds. The third kappa shape index (κ3) is 3.03. The van der Waals surface area contributed by atoms with Gasteiger partial charge in [0.2, 0.25) is 0 Å². The van der Waals surface area contributed by atoms with Gasteiger partial charge in [0.25, 0.3) is 0 Å². The van der Waals surface area contributed by atoms with Crippen molar-refractivity contribution in [2.24, 2.45) is 5.41 Å². The molecule has 94 valence electrons. The monoisotopic (exact) mass is 318 g/mol. The van der Waals surface area contributed by atoms with E-state index in [-0.39, 0.29) is 11.2 Å². The van der Waals surface area contributed by atoms with Crippen LogP contribution in [0.25, 0.3) is 0 Å². The molecule has 3 heteroatoms. The van der Waals surface area contributed by atoms with Crippen molar-refractivity contribution < 1.29 is 4.39 Å². The van der Waals surface area contributed by atoms with E-state index in [1.807, 2.05) is 0 Å². The molecule has 0 spiro atoms. The normalized spacial score (nSPS) is 19.2. The number of hydrogen-bond donors (Lipinski definition) is 0. The first kappa shape index (κ1) is 13.4. The molecule has 0 N–H and O–H groups in total. The lowest BCUT2D eigenvalue weighted by Crippen LogP contribution is -2.29. The third-order valence-corrected chi connectivity index (χ3v) is 5.35. The van der Waals surface area contributed by atoms with Crippen LogP contribution in [0.4, 0.5) is 4.39 Å². The van der Waals surface area contributed by atoms with Crippen LogP contribution in [0.15, 0.2) is 18.2 Å². The smallest absolute Gasteiger partial charge is 0.127 e. The summed E-state index contributed by atoms with van der Waals surface area (Å²) >= 11 is 9.72. The first-order valence-electron chi connectivity index (χ1n) is 6.16. The van der Waals surface area contributed by atoms with Crippen LogP contribution in [0.2, 0.25) is 5.02 Å². The quantitative estimate of drug-likeness (QED) is 0.657. The van der Waals surface area contributed by atoms with E-state index >= 15 is 0 Å². The third-order valence-electron chi connectivity index (χ3n) is 3.81. The Kier molecular flexibility index (Phi) is 4.48. The summed E-state index contributed by atoms with van der Waals surface area (Å²) in [5.74, 6) is -0.164. The maximum absolute atomic E-state index is 13.8. The minimum absolute atomic E-state index is 0.164. The average molecular weight is 320 g/mol. The highest BCUT2D eigenvalue weighted by molar-refractivity contribution is 9.09. The summed E-state index contributed by atoms with van der Waals surface area (Å²) < 4.78 is 13.8. The summed E-state index contributed by atoms with van der Waals surface area (Å²) in [7, 11) is 0. The molecule has 1 aromatic carbocycles. The van der Waals surface area contributed by atoms with Gasteiger partial charge in [-0.05, 0) is 36.8 Å². The molecule has 0 nitrogen and oxygen atoms in total. The Hall–Kier alpha value is -0.0800. The Balaban J connectivity index is 2.23. The molecular formula is C14H17BrClF. The van der Waals surface area contributed by atoms with Crippen LogP contribution in [0.3, 0.4) is 0 Å². The van der Waals surface area contributed by atoms with Crippen molar-refractivity contribution >= 4 is 27.5 Å². The van der Waals surface area contributed by atoms with Crippen molar-refractivity contribution in [2.45, 2.75) is 38.5 Å². The fraction of sp³-hybridized carbons (Fsp3) is 0.571. The fourth-order valence-electron chi connectivity index (χ4n) is 2.74. The van der Waals surface area contributed by atoms with Crippen molar-refractivity contribution in [1.29, 1.82) is 0 Å². The average Bonchev–Trinajstić information content (AvgIpc) is 2.35. The molecule has 0 radical (unpaired) electrons. The molecule has 0 saturated heterocycles. The molecule has 0 heterocycles. The van der Waals surface area contributed by atoms with E-state index in [1.54, 1.807) is 12.1 Å². The molecule has 0 aromatic heterocycles. The van der Waals surface area contributed by atoms with Crippen LogP contribution in [0, 0.1) is 11.2 Å². The van der Waals surface area contributed by atoms with Crippen molar-refractivity contribution in [1.82, 2.24) is 0 Å². The zero-order valence-electron chi connectivity index (χ0n) is 9.82. The molecule has 1 saturated carbocycles. The molecule has 1 aliphatic rings. The predicted octanol–water partition coefficient (Wildman–Crippen LogP) is 5.37. The molecule has 0 atom stereocenters. The number of halogens is 3. The van der Waals surface area contributed by atoms with Crippen LogP contribution in [0.5, 0.6) is 0 Å². The largest absolute Gasteiger partial charge is 0.207 e. The topological polar surface area (TPSA) is 0 Å². The molecule has 17 heavy (non-hydrogen) atoms. The molecule has 2 rings (SSSR count). The van der Waals surface area contributed by atoms with Crippen LogP contribution >= 0.6 is 27.5 Å². The summed E-state index contributed by atoms with van der Waals surface area (Å²) in [5, 5.41) is 1.50. The van der Waals surface area contributed by atoms with Crippen LogP contribution in [-0.4, -0.2) is 5.33 Å². The van der Waals surface area contributed by atoms with Gasteiger partial charge in [0.1, 0.15) is 5.82 Å². The van der Waals surface area contributed by atoms with E-state index < -0.39 is 0 Å². The summed E-state index contributed by atoms with van der Waals surface area (Å²) in [6, 6.07) is 4.96. The molecule has 0 aliphatic heterocycles. The highest BCUT2D eigenvalue weighted by Gasteiger charge is 2.32. The van der Waals surface area contributed by atoms with Gasteiger partial charge in [-0.3, -0.25) is 0 Å². The summed E-state index contributed by atoms with van der Waals surface area (Å²) in [4.78, 5) is 0. The summed E-state index contributed by atoms with van der Waals surface area (Å²) in [5.41, 5.74) is 0.889. The number of alkyl halides is 1. The van der Waals surface area contributed by atoms with Gasteiger partial charge in [0, 0.05) is 15.9 Å². The maximum Gasteiger partial charge on any atom is 0.127 e. The predicted molar refractivity (Wildman–Crippen MR) is 74.4 cm³/mol. The Labute approximate surface area is 116 Å². The van der Waals surface area contributed by atoms with Gasteiger partial charge in [0.15, 0.2) is 0 Å². The van der Waals surface area contributed by atoms with Gasteiger partial charge in [-0.1, -0.05) is 52.9 Å². The standard InChI is InChI=1S/C14H17BrClF/c15-10-14(7-2-1-3-8-14)9-11-12(16)5-4-6-13(11)17/h4-6H,1-3,7-10H2. The van der Waals surface area contributed by atoms with Crippen molar-refractivity contribution in [2.75, 3.05) is 5.33 Å². The highest BCUT2D eigenvalue weighted by Crippen LogP contribution is 2.42. The SMILES string of the molecule is Fc1cccc(Cl)c1CC1(CBr)CCCCC1. The van der Waals surface area contributed by atoms with E-state index in [4.69, 9.17) is 11.6 Å². The van der Waals surface area contributed by atoms with Crippen molar-refractivity contribution in [3.8, 4) is 0 Å². The lowest BCUT2D eigenvalue weighted by Gasteiger charge is -2.36.